The van der Waals surface area contributed by atoms with E-state index in [2.05, 4.69) is 4.98 Å². The van der Waals surface area contributed by atoms with E-state index in [4.69, 9.17) is 0 Å². The van der Waals surface area contributed by atoms with Crippen molar-refractivity contribution < 1.29 is 4.79 Å². The van der Waals surface area contributed by atoms with Gasteiger partial charge in [0.05, 0.1) is 22.4 Å². The van der Waals surface area contributed by atoms with Gasteiger partial charge in [-0.15, -0.1) is 23.1 Å². The number of nitrogens with zero attached hydrogens (tertiary/aromatic N) is 1. The fourth-order valence-corrected chi connectivity index (χ4v) is 3.67. The number of thioether (sulfide) groups is 1. The second-order valence-electron chi connectivity index (χ2n) is 4.39. The van der Waals surface area contributed by atoms with Gasteiger partial charge in [0, 0.05) is 4.90 Å². The minimum atomic E-state index is 0.220. The summed E-state index contributed by atoms with van der Waals surface area (Å²) in [5.41, 5.74) is 0.982. The Morgan fingerprint density at radius 2 is 1.80 bits per heavy atom. The predicted molar refractivity (Wildman–Crippen MR) is 85.5 cm³/mol. The number of para-hydroxylation sites is 1. The van der Waals surface area contributed by atoms with E-state index >= 15 is 0 Å². The molecule has 0 amide bonds. The van der Waals surface area contributed by atoms with E-state index in [1.165, 1.54) is 0 Å². The van der Waals surface area contributed by atoms with Crippen LogP contribution in [-0.4, -0.2) is 16.5 Å². The smallest absolute Gasteiger partial charge is 0.149 e. The number of carbonyl (C=O) groups is 1. The zero-order valence-electron chi connectivity index (χ0n) is 10.8. The van der Waals surface area contributed by atoms with Crippen LogP contribution in [-0.2, 0) is 11.2 Å². The molecule has 0 aliphatic carbocycles. The third-order valence-corrected chi connectivity index (χ3v) is 4.94. The Morgan fingerprint density at radius 1 is 1.05 bits per heavy atom. The number of hydrogen-bond acceptors (Lipinski definition) is 4. The van der Waals surface area contributed by atoms with Crippen molar-refractivity contribution in [1.29, 1.82) is 0 Å². The van der Waals surface area contributed by atoms with Crippen LogP contribution in [0.4, 0.5) is 0 Å². The maximum absolute atomic E-state index is 12.0. The van der Waals surface area contributed by atoms with E-state index in [9.17, 15) is 4.79 Å². The van der Waals surface area contributed by atoms with Crippen molar-refractivity contribution >= 4 is 39.1 Å². The van der Waals surface area contributed by atoms with E-state index in [1.54, 1.807) is 23.1 Å². The highest BCUT2D eigenvalue weighted by atomic mass is 32.2. The summed E-state index contributed by atoms with van der Waals surface area (Å²) in [6, 6.07) is 18.0. The molecule has 20 heavy (non-hydrogen) atoms. The van der Waals surface area contributed by atoms with Crippen molar-refractivity contribution in [1.82, 2.24) is 4.98 Å². The summed E-state index contributed by atoms with van der Waals surface area (Å²) in [4.78, 5) is 17.6. The number of Topliss-reactive ketones (excluding diaryl/α,β-unsaturated/α-hetero) is 1. The molecular formula is C16H13NOS2. The molecule has 0 bridgehead atoms. The lowest BCUT2D eigenvalue weighted by molar-refractivity contribution is -0.115. The summed E-state index contributed by atoms with van der Waals surface area (Å²) in [5, 5.41) is 0.907. The Kier molecular flexibility index (Phi) is 4.14. The average molecular weight is 299 g/mol. The SMILES string of the molecule is O=C(CSc1ccccc1)Cc1nc2ccccc2s1. The first-order valence-electron chi connectivity index (χ1n) is 6.35. The lowest BCUT2D eigenvalue weighted by atomic mass is 10.3. The number of carbonyl (C=O) groups excluding carboxylic acids is 1. The zero-order valence-corrected chi connectivity index (χ0v) is 12.4. The van der Waals surface area contributed by atoms with Crippen LogP contribution in [0.15, 0.2) is 59.5 Å². The molecule has 4 heteroatoms. The van der Waals surface area contributed by atoms with Gasteiger partial charge in [-0.05, 0) is 24.3 Å². The summed E-state index contributed by atoms with van der Waals surface area (Å²) in [5.74, 6) is 0.720. The fourth-order valence-electron chi connectivity index (χ4n) is 1.90. The molecule has 0 atom stereocenters. The molecule has 100 valence electrons. The quantitative estimate of drug-likeness (QED) is 0.661. The summed E-state index contributed by atoms with van der Waals surface area (Å²) >= 11 is 3.19. The molecule has 0 unspecified atom stereocenters. The van der Waals surface area contributed by atoms with E-state index < -0.39 is 0 Å². The number of aromatic nitrogens is 1. The van der Waals surface area contributed by atoms with Gasteiger partial charge in [0.1, 0.15) is 10.8 Å². The number of fused-ring (bicyclic) bond motifs is 1. The second-order valence-corrected chi connectivity index (χ2v) is 6.56. The Morgan fingerprint density at radius 3 is 2.60 bits per heavy atom. The van der Waals surface area contributed by atoms with Crippen LogP contribution < -0.4 is 0 Å². The van der Waals surface area contributed by atoms with Crippen molar-refractivity contribution in [2.45, 2.75) is 11.3 Å². The van der Waals surface area contributed by atoms with E-state index in [1.807, 2.05) is 54.6 Å². The number of thiazole rings is 1. The third kappa shape index (κ3) is 3.26. The molecule has 0 aliphatic rings. The van der Waals surface area contributed by atoms with Gasteiger partial charge < -0.3 is 0 Å². The van der Waals surface area contributed by atoms with Crippen LogP contribution in [0.25, 0.3) is 10.2 Å². The van der Waals surface area contributed by atoms with Crippen LogP contribution >= 0.6 is 23.1 Å². The first kappa shape index (κ1) is 13.3. The van der Waals surface area contributed by atoms with Crippen LogP contribution in [0, 0.1) is 0 Å². The molecule has 3 aromatic rings. The van der Waals surface area contributed by atoms with Crippen molar-refractivity contribution in [2.75, 3.05) is 5.75 Å². The minimum absolute atomic E-state index is 0.220. The maximum atomic E-state index is 12.0. The van der Waals surface area contributed by atoms with Crippen LogP contribution in [0.3, 0.4) is 0 Å². The van der Waals surface area contributed by atoms with Crippen LogP contribution in [0.5, 0.6) is 0 Å². The summed E-state index contributed by atoms with van der Waals surface area (Å²) in [7, 11) is 0. The Bertz CT molecular complexity index is 688. The molecule has 0 N–H and O–H groups in total. The molecule has 1 heterocycles. The molecule has 0 saturated heterocycles. The van der Waals surface area contributed by atoms with Gasteiger partial charge in [-0.1, -0.05) is 30.3 Å². The van der Waals surface area contributed by atoms with E-state index in [0.29, 0.717) is 12.2 Å². The summed E-state index contributed by atoms with van der Waals surface area (Å²) < 4.78 is 1.14. The van der Waals surface area contributed by atoms with Crippen LogP contribution in [0.2, 0.25) is 0 Å². The molecule has 0 aliphatic heterocycles. The highest BCUT2D eigenvalue weighted by molar-refractivity contribution is 8.00. The normalized spacial score (nSPS) is 10.8. The zero-order chi connectivity index (χ0) is 13.8. The lowest BCUT2D eigenvalue weighted by Gasteiger charge is -1.99. The topological polar surface area (TPSA) is 30.0 Å². The van der Waals surface area contributed by atoms with E-state index in [-0.39, 0.29) is 5.78 Å². The van der Waals surface area contributed by atoms with Crippen molar-refractivity contribution in [3.63, 3.8) is 0 Å². The number of ketones is 1. The number of benzene rings is 2. The molecule has 3 rings (SSSR count). The molecule has 0 fully saturated rings. The van der Waals surface area contributed by atoms with Crippen molar-refractivity contribution in [3.8, 4) is 0 Å². The van der Waals surface area contributed by atoms with Crippen molar-refractivity contribution in [2.24, 2.45) is 0 Å². The third-order valence-electron chi connectivity index (χ3n) is 2.83. The molecule has 2 aromatic carbocycles. The molecular weight excluding hydrogens is 286 g/mol. The Hall–Kier alpha value is -1.65. The molecule has 2 nitrogen and oxygen atoms in total. The highest BCUT2D eigenvalue weighted by Crippen LogP contribution is 2.23. The highest BCUT2D eigenvalue weighted by Gasteiger charge is 2.09. The first-order chi connectivity index (χ1) is 9.81. The number of hydrogen-bond donors (Lipinski definition) is 0. The monoisotopic (exact) mass is 299 g/mol. The van der Waals surface area contributed by atoms with Crippen molar-refractivity contribution in [3.05, 3.63) is 59.6 Å². The fraction of sp³-hybridized carbons (Fsp3) is 0.125. The Balaban J connectivity index is 1.61. The van der Waals surface area contributed by atoms with Gasteiger partial charge in [0.25, 0.3) is 0 Å². The van der Waals surface area contributed by atoms with Gasteiger partial charge in [-0.3, -0.25) is 4.79 Å². The van der Waals surface area contributed by atoms with Gasteiger partial charge in [-0.25, -0.2) is 4.98 Å². The largest absolute Gasteiger partial charge is 0.298 e. The van der Waals surface area contributed by atoms with Crippen LogP contribution in [0.1, 0.15) is 5.01 Å². The van der Waals surface area contributed by atoms with Gasteiger partial charge in [0.15, 0.2) is 0 Å². The van der Waals surface area contributed by atoms with E-state index in [0.717, 1.165) is 20.1 Å². The molecule has 0 saturated carbocycles. The summed E-state index contributed by atoms with van der Waals surface area (Å²) in [6.45, 7) is 0. The van der Waals surface area contributed by atoms with Gasteiger partial charge in [0.2, 0.25) is 0 Å². The second kappa shape index (κ2) is 6.20. The molecule has 0 radical (unpaired) electrons. The minimum Gasteiger partial charge on any atom is -0.298 e. The number of rotatable bonds is 5. The molecule has 1 aromatic heterocycles. The average Bonchev–Trinajstić information content (AvgIpc) is 2.88. The molecule has 0 spiro atoms. The summed E-state index contributed by atoms with van der Waals surface area (Å²) in [6.07, 6.45) is 0.430. The standard InChI is InChI=1S/C16H13NOS2/c18-12(11-19-13-6-2-1-3-7-13)10-16-17-14-8-4-5-9-15(14)20-16/h1-9H,10-11H2. The van der Waals surface area contributed by atoms with Gasteiger partial charge >= 0.3 is 0 Å². The Labute approximate surface area is 125 Å². The maximum Gasteiger partial charge on any atom is 0.149 e. The van der Waals surface area contributed by atoms with Gasteiger partial charge in [-0.2, -0.15) is 0 Å². The lowest BCUT2D eigenvalue weighted by Crippen LogP contribution is -2.05. The predicted octanol–water partition coefficient (Wildman–Crippen LogP) is 4.20. The first-order valence-corrected chi connectivity index (χ1v) is 8.15.